The van der Waals surface area contributed by atoms with Crippen molar-refractivity contribution < 1.29 is 0 Å². The molecule has 1 aliphatic rings. The van der Waals surface area contributed by atoms with Gasteiger partial charge in [-0.2, -0.15) is 0 Å². The highest BCUT2D eigenvalue weighted by Crippen LogP contribution is 2.20. The zero-order chi connectivity index (χ0) is 11.7. The van der Waals surface area contributed by atoms with E-state index in [2.05, 4.69) is 15.6 Å². The van der Waals surface area contributed by atoms with Gasteiger partial charge in [-0.05, 0) is 17.7 Å². The van der Waals surface area contributed by atoms with Gasteiger partial charge in [-0.15, -0.1) is 10.2 Å². The third-order valence-corrected chi connectivity index (χ3v) is 3.76. The van der Waals surface area contributed by atoms with E-state index >= 15 is 0 Å². The number of nitrogens with one attached hydrogen (secondary N) is 1. The molecule has 88 valence electrons. The predicted molar refractivity (Wildman–Crippen MR) is 69.2 cm³/mol. The molecular formula is C11H11ClN4S. The lowest BCUT2D eigenvalue weighted by Gasteiger charge is -2.16. The van der Waals surface area contributed by atoms with Gasteiger partial charge >= 0.3 is 0 Å². The molecule has 4 nitrogen and oxygen atoms in total. The Kier molecular flexibility index (Phi) is 2.94. The Morgan fingerprint density at radius 2 is 2.12 bits per heavy atom. The Morgan fingerprint density at radius 1 is 1.29 bits per heavy atom. The lowest BCUT2D eigenvalue weighted by molar-refractivity contribution is 0.719. The molecule has 0 spiro atoms. The molecule has 0 unspecified atom stereocenters. The van der Waals surface area contributed by atoms with Crippen LogP contribution in [0.5, 0.6) is 0 Å². The van der Waals surface area contributed by atoms with E-state index in [1.165, 1.54) is 5.56 Å². The highest BCUT2D eigenvalue weighted by molar-refractivity contribution is 7.99. The molecule has 17 heavy (non-hydrogen) atoms. The quantitative estimate of drug-likeness (QED) is 0.905. The zero-order valence-electron chi connectivity index (χ0n) is 9.06. The van der Waals surface area contributed by atoms with Crippen molar-refractivity contribution in [2.45, 2.75) is 11.6 Å². The molecule has 1 aromatic carbocycles. The number of rotatable bonds is 2. The Balaban J connectivity index is 1.85. The lowest BCUT2D eigenvalue weighted by atomic mass is 10.1. The second-order valence-electron chi connectivity index (χ2n) is 3.79. The molecule has 1 aliphatic heterocycles. The molecule has 0 amide bonds. The van der Waals surface area contributed by atoms with Gasteiger partial charge in [0.2, 0.25) is 5.16 Å². The predicted octanol–water partition coefficient (Wildman–Crippen LogP) is 2.17. The summed E-state index contributed by atoms with van der Waals surface area (Å²) in [5.74, 6) is 1.98. The first-order valence-corrected chi connectivity index (χ1v) is 6.75. The summed E-state index contributed by atoms with van der Waals surface area (Å²) >= 11 is 7.59. The number of hydrogen-bond acceptors (Lipinski definition) is 4. The van der Waals surface area contributed by atoms with Crippen molar-refractivity contribution in [2.75, 3.05) is 17.7 Å². The minimum absolute atomic E-state index is 0.755. The molecular weight excluding hydrogens is 256 g/mol. The summed E-state index contributed by atoms with van der Waals surface area (Å²) in [6.45, 7) is 0.948. The first kappa shape index (κ1) is 10.9. The average molecular weight is 267 g/mol. The molecule has 0 saturated heterocycles. The van der Waals surface area contributed by atoms with Gasteiger partial charge in [0.05, 0.1) is 0 Å². The van der Waals surface area contributed by atoms with Crippen LogP contribution in [0, 0.1) is 0 Å². The van der Waals surface area contributed by atoms with Crippen LogP contribution >= 0.6 is 23.4 Å². The van der Waals surface area contributed by atoms with Crippen molar-refractivity contribution in [2.24, 2.45) is 0 Å². The summed E-state index contributed by atoms with van der Waals surface area (Å²) in [4.78, 5) is 0. The summed E-state index contributed by atoms with van der Waals surface area (Å²) in [7, 11) is 0. The van der Waals surface area contributed by atoms with Gasteiger partial charge in [0.15, 0.2) is 5.82 Å². The molecule has 0 atom stereocenters. The summed E-state index contributed by atoms with van der Waals surface area (Å²) in [5, 5.41) is 10.1. The molecule has 2 aromatic rings. The molecule has 1 N–H and O–H groups in total. The van der Waals surface area contributed by atoms with E-state index in [1.54, 1.807) is 11.8 Å². The zero-order valence-corrected chi connectivity index (χ0v) is 10.6. The second kappa shape index (κ2) is 4.58. The van der Waals surface area contributed by atoms with Crippen LogP contribution in [0.2, 0.25) is 5.02 Å². The van der Waals surface area contributed by atoms with E-state index in [1.807, 2.05) is 28.9 Å². The van der Waals surface area contributed by atoms with Gasteiger partial charge in [0.25, 0.3) is 0 Å². The van der Waals surface area contributed by atoms with Crippen LogP contribution in [0.15, 0.2) is 29.4 Å². The van der Waals surface area contributed by atoms with Crippen molar-refractivity contribution in [1.29, 1.82) is 0 Å². The molecule has 3 rings (SSSR count). The first-order valence-electron chi connectivity index (χ1n) is 5.38. The van der Waals surface area contributed by atoms with Crippen molar-refractivity contribution in [3.8, 4) is 0 Å². The van der Waals surface area contributed by atoms with E-state index in [9.17, 15) is 0 Å². The number of nitrogens with zero attached hydrogens (tertiary/aromatic N) is 3. The largest absolute Gasteiger partial charge is 0.321 e. The highest BCUT2D eigenvalue weighted by atomic mass is 35.5. The lowest BCUT2D eigenvalue weighted by Crippen LogP contribution is -2.25. The summed E-state index contributed by atoms with van der Waals surface area (Å²) in [5.41, 5.74) is 4.47. The maximum atomic E-state index is 5.86. The van der Waals surface area contributed by atoms with E-state index < -0.39 is 0 Å². The Labute approximate surface area is 108 Å². The Hall–Kier alpha value is -1.20. The molecule has 2 heterocycles. The van der Waals surface area contributed by atoms with Gasteiger partial charge in [-0.25, -0.2) is 4.68 Å². The topological polar surface area (TPSA) is 42.7 Å². The van der Waals surface area contributed by atoms with Crippen molar-refractivity contribution in [3.05, 3.63) is 40.7 Å². The summed E-state index contributed by atoms with van der Waals surface area (Å²) in [6, 6.07) is 7.82. The highest BCUT2D eigenvalue weighted by Gasteiger charge is 2.15. The van der Waals surface area contributed by atoms with Crippen LogP contribution in [0.25, 0.3) is 0 Å². The number of aromatic nitrogens is 3. The standard InChI is InChI=1S/C11H11ClN4S/c12-9-3-1-8(2-4-9)7-10-14-15-11-16(10)13-5-6-17-11/h1-4,13H,5-7H2. The van der Waals surface area contributed by atoms with Crippen molar-refractivity contribution in [3.63, 3.8) is 0 Å². The van der Waals surface area contributed by atoms with Crippen LogP contribution in [0.4, 0.5) is 0 Å². The fourth-order valence-corrected chi connectivity index (χ4v) is 2.65. The van der Waals surface area contributed by atoms with Gasteiger partial charge in [0, 0.05) is 23.7 Å². The van der Waals surface area contributed by atoms with E-state index in [0.29, 0.717) is 0 Å². The van der Waals surface area contributed by atoms with Gasteiger partial charge in [0.1, 0.15) is 0 Å². The van der Waals surface area contributed by atoms with Gasteiger partial charge in [-0.1, -0.05) is 35.5 Å². The minimum Gasteiger partial charge on any atom is -0.321 e. The summed E-state index contributed by atoms with van der Waals surface area (Å²) < 4.78 is 1.97. The monoisotopic (exact) mass is 266 g/mol. The third kappa shape index (κ3) is 2.25. The van der Waals surface area contributed by atoms with Crippen molar-refractivity contribution in [1.82, 2.24) is 14.9 Å². The molecule has 6 heteroatoms. The van der Waals surface area contributed by atoms with Crippen LogP contribution in [-0.4, -0.2) is 27.2 Å². The second-order valence-corrected chi connectivity index (χ2v) is 5.29. The molecule has 0 aliphatic carbocycles. The molecule has 0 fully saturated rings. The fourth-order valence-electron chi connectivity index (χ4n) is 1.75. The number of thioether (sulfide) groups is 1. The van der Waals surface area contributed by atoms with Crippen LogP contribution in [0.3, 0.4) is 0 Å². The number of benzene rings is 1. The molecule has 1 aromatic heterocycles. The maximum absolute atomic E-state index is 5.86. The Morgan fingerprint density at radius 3 is 2.94 bits per heavy atom. The van der Waals surface area contributed by atoms with Gasteiger partial charge < -0.3 is 5.43 Å². The molecule has 0 bridgehead atoms. The average Bonchev–Trinajstić information content (AvgIpc) is 2.76. The van der Waals surface area contributed by atoms with Gasteiger partial charge in [-0.3, -0.25) is 0 Å². The van der Waals surface area contributed by atoms with Crippen LogP contribution < -0.4 is 5.43 Å². The smallest absolute Gasteiger partial charge is 0.210 e. The van der Waals surface area contributed by atoms with E-state index in [4.69, 9.17) is 11.6 Å². The van der Waals surface area contributed by atoms with Crippen LogP contribution in [-0.2, 0) is 6.42 Å². The third-order valence-electron chi connectivity index (χ3n) is 2.58. The molecule has 0 radical (unpaired) electrons. The minimum atomic E-state index is 0.755. The summed E-state index contributed by atoms with van der Waals surface area (Å²) in [6.07, 6.45) is 0.762. The normalized spacial score (nSPS) is 14.2. The van der Waals surface area contributed by atoms with E-state index in [0.717, 1.165) is 34.7 Å². The Bertz CT molecular complexity index is 523. The maximum Gasteiger partial charge on any atom is 0.210 e. The van der Waals surface area contributed by atoms with Crippen molar-refractivity contribution >= 4 is 23.4 Å². The fraction of sp³-hybridized carbons (Fsp3) is 0.273. The molecule has 0 saturated carbocycles. The van der Waals surface area contributed by atoms with E-state index in [-0.39, 0.29) is 0 Å². The number of halogens is 1. The van der Waals surface area contributed by atoms with Crippen LogP contribution in [0.1, 0.15) is 11.4 Å². The number of hydrogen-bond donors (Lipinski definition) is 1. The first-order chi connectivity index (χ1) is 8.33. The SMILES string of the molecule is Clc1ccc(Cc2nnc3n2NCCS3)cc1. The number of fused-ring (bicyclic) bond motifs is 1.